The van der Waals surface area contributed by atoms with Crippen LogP contribution in [-0.4, -0.2) is 16.5 Å². The molecule has 0 radical (unpaired) electrons. The Bertz CT molecular complexity index is 506. The summed E-state index contributed by atoms with van der Waals surface area (Å²) in [6, 6.07) is 4.20. The monoisotopic (exact) mass is 261 g/mol. The summed E-state index contributed by atoms with van der Waals surface area (Å²) in [5.41, 5.74) is 2.32. The third-order valence-corrected chi connectivity index (χ3v) is 3.76. The highest BCUT2D eigenvalue weighted by molar-refractivity contribution is 7.09. The van der Waals surface area contributed by atoms with Gasteiger partial charge in [0.2, 0.25) is 0 Å². The fourth-order valence-electron chi connectivity index (χ4n) is 1.95. The van der Waals surface area contributed by atoms with Gasteiger partial charge in [-0.25, -0.2) is 9.97 Å². The Morgan fingerprint density at radius 3 is 2.72 bits per heavy atom. The Kier molecular flexibility index (Phi) is 4.31. The number of rotatable bonds is 5. The predicted octanol–water partition coefficient (Wildman–Crippen LogP) is 3.43. The van der Waals surface area contributed by atoms with Crippen LogP contribution in [0.5, 0.6) is 0 Å². The molecule has 3 nitrogen and oxygen atoms in total. The molecule has 0 saturated heterocycles. The van der Waals surface area contributed by atoms with E-state index in [0.717, 1.165) is 36.7 Å². The molecule has 0 bridgehead atoms. The topological polar surface area (TPSA) is 37.8 Å². The maximum atomic E-state index is 4.66. The van der Waals surface area contributed by atoms with E-state index in [9.17, 15) is 0 Å². The molecule has 0 amide bonds. The van der Waals surface area contributed by atoms with Crippen LogP contribution in [0.3, 0.4) is 0 Å². The van der Waals surface area contributed by atoms with Crippen LogP contribution >= 0.6 is 11.3 Å². The van der Waals surface area contributed by atoms with Gasteiger partial charge in [0.25, 0.3) is 0 Å². The Morgan fingerprint density at radius 2 is 2.11 bits per heavy atom. The van der Waals surface area contributed by atoms with Crippen molar-refractivity contribution in [2.45, 2.75) is 33.6 Å². The predicted molar refractivity (Wildman–Crippen MR) is 77.4 cm³/mol. The van der Waals surface area contributed by atoms with Gasteiger partial charge in [0.05, 0.1) is 0 Å². The third-order valence-electron chi connectivity index (χ3n) is 2.88. The molecule has 18 heavy (non-hydrogen) atoms. The number of aryl methyl sites for hydroxylation is 1. The van der Waals surface area contributed by atoms with E-state index in [1.807, 2.05) is 0 Å². The van der Waals surface area contributed by atoms with E-state index in [0.29, 0.717) is 0 Å². The summed E-state index contributed by atoms with van der Waals surface area (Å²) < 4.78 is 0. The number of hydrogen-bond acceptors (Lipinski definition) is 4. The van der Waals surface area contributed by atoms with E-state index in [2.05, 4.69) is 53.6 Å². The van der Waals surface area contributed by atoms with Crippen molar-refractivity contribution in [3.63, 3.8) is 0 Å². The molecule has 2 aromatic heterocycles. The van der Waals surface area contributed by atoms with Crippen molar-refractivity contribution in [3.8, 4) is 0 Å². The Balaban J connectivity index is 2.32. The van der Waals surface area contributed by atoms with Gasteiger partial charge in [-0.3, -0.25) is 0 Å². The molecule has 2 heterocycles. The van der Waals surface area contributed by atoms with Crippen LogP contribution in [0.15, 0.2) is 17.5 Å². The summed E-state index contributed by atoms with van der Waals surface area (Å²) in [6.45, 7) is 7.21. The Labute approximate surface area is 112 Å². The molecule has 0 spiro atoms. The second-order valence-electron chi connectivity index (χ2n) is 4.20. The third kappa shape index (κ3) is 2.88. The number of nitrogens with zero attached hydrogens (tertiary/aromatic N) is 2. The number of anilines is 1. The molecule has 0 aliphatic rings. The highest BCUT2D eigenvalue weighted by atomic mass is 32.1. The number of aromatic nitrogens is 2. The lowest BCUT2D eigenvalue weighted by molar-refractivity contribution is 0.892. The van der Waals surface area contributed by atoms with Gasteiger partial charge < -0.3 is 5.32 Å². The molecular formula is C14H19N3S. The molecular weight excluding hydrogens is 242 g/mol. The van der Waals surface area contributed by atoms with Crippen LogP contribution in [-0.2, 0) is 12.8 Å². The maximum absolute atomic E-state index is 4.66. The van der Waals surface area contributed by atoms with E-state index in [-0.39, 0.29) is 0 Å². The van der Waals surface area contributed by atoms with E-state index < -0.39 is 0 Å². The highest BCUT2D eigenvalue weighted by Gasteiger charge is 2.09. The van der Waals surface area contributed by atoms with Crippen molar-refractivity contribution in [1.29, 1.82) is 0 Å². The molecule has 1 N–H and O–H groups in total. The van der Waals surface area contributed by atoms with Crippen LogP contribution < -0.4 is 5.32 Å². The summed E-state index contributed by atoms with van der Waals surface area (Å²) in [4.78, 5) is 10.6. The molecule has 0 aliphatic heterocycles. The van der Waals surface area contributed by atoms with Gasteiger partial charge in [-0.1, -0.05) is 13.0 Å². The average Bonchev–Trinajstić information content (AvgIpc) is 2.86. The smallest absolute Gasteiger partial charge is 0.136 e. The largest absolute Gasteiger partial charge is 0.370 e. The lowest BCUT2D eigenvalue weighted by Gasteiger charge is -2.12. The number of nitrogens with one attached hydrogen (secondary N) is 1. The summed E-state index contributed by atoms with van der Waals surface area (Å²) in [6.07, 6.45) is 1.77. The quantitative estimate of drug-likeness (QED) is 0.896. The first-order valence-corrected chi connectivity index (χ1v) is 7.25. The molecule has 2 rings (SSSR count). The average molecular weight is 261 g/mol. The van der Waals surface area contributed by atoms with Crippen LogP contribution in [0.2, 0.25) is 0 Å². The summed E-state index contributed by atoms with van der Waals surface area (Å²) >= 11 is 1.75. The first-order chi connectivity index (χ1) is 8.74. The fourth-order valence-corrected chi connectivity index (χ4v) is 2.65. The molecule has 0 atom stereocenters. The SMILES string of the molecule is CCNc1nc(Cc2cccs2)nc(CC)c1C. The minimum Gasteiger partial charge on any atom is -0.370 e. The maximum Gasteiger partial charge on any atom is 0.136 e. The van der Waals surface area contributed by atoms with Crippen molar-refractivity contribution >= 4 is 17.2 Å². The molecule has 96 valence electrons. The standard InChI is InChI=1S/C14H19N3S/c1-4-12-10(3)14(15-5-2)17-13(16-12)9-11-7-6-8-18-11/h6-8H,4-5,9H2,1-3H3,(H,15,16,17). The van der Waals surface area contributed by atoms with Gasteiger partial charge in [-0.05, 0) is 31.7 Å². The zero-order chi connectivity index (χ0) is 13.0. The van der Waals surface area contributed by atoms with E-state index >= 15 is 0 Å². The van der Waals surface area contributed by atoms with Crippen molar-refractivity contribution < 1.29 is 0 Å². The summed E-state index contributed by atoms with van der Waals surface area (Å²) in [5.74, 6) is 1.90. The van der Waals surface area contributed by atoms with Crippen LogP contribution in [0.4, 0.5) is 5.82 Å². The minimum absolute atomic E-state index is 0.823. The Morgan fingerprint density at radius 1 is 1.28 bits per heavy atom. The lowest BCUT2D eigenvalue weighted by Crippen LogP contribution is -2.09. The first kappa shape index (κ1) is 13.0. The zero-order valence-corrected chi connectivity index (χ0v) is 12.0. The molecule has 0 unspecified atom stereocenters. The minimum atomic E-state index is 0.823. The molecule has 0 aliphatic carbocycles. The molecule has 0 aromatic carbocycles. The summed E-state index contributed by atoms with van der Waals surface area (Å²) in [5, 5.41) is 5.42. The van der Waals surface area contributed by atoms with E-state index in [4.69, 9.17) is 0 Å². The van der Waals surface area contributed by atoms with Gasteiger partial charge in [0.1, 0.15) is 11.6 Å². The van der Waals surface area contributed by atoms with E-state index in [1.165, 1.54) is 10.4 Å². The van der Waals surface area contributed by atoms with Gasteiger partial charge >= 0.3 is 0 Å². The van der Waals surface area contributed by atoms with Crippen molar-refractivity contribution in [2.75, 3.05) is 11.9 Å². The number of hydrogen-bond donors (Lipinski definition) is 1. The van der Waals surface area contributed by atoms with Crippen molar-refractivity contribution in [2.24, 2.45) is 0 Å². The molecule has 2 aromatic rings. The van der Waals surface area contributed by atoms with Crippen LogP contribution in [0, 0.1) is 6.92 Å². The van der Waals surface area contributed by atoms with Crippen LogP contribution in [0.25, 0.3) is 0 Å². The van der Waals surface area contributed by atoms with Crippen molar-refractivity contribution in [3.05, 3.63) is 39.5 Å². The lowest BCUT2D eigenvalue weighted by atomic mass is 10.2. The molecule has 4 heteroatoms. The van der Waals surface area contributed by atoms with Gasteiger partial charge in [-0.15, -0.1) is 11.3 Å². The molecule has 0 fully saturated rings. The molecule has 0 saturated carbocycles. The zero-order valence-electron chi connectivity index (χ0n) is 11.2. The second-order valence-corrected chi connectivity index (χ2v) is 5.23. The fraction of sp³-hybridized carbons (Fsp3) is 0.429. The first-order valence-electron chi connectivity index (χ1n) is 6.37. The Hall–Kier alpha value is -1.42. The van der Waals surface area contributed by atoms with Crippen molar-refractivity contribution in [1.82, 2.24) is 9.97 Å². The summed E-state index contributed by atoms with van der Waals surface area (Å²) in [7, 11) is 0. The van der Waals surface area contributed by atoms with Gasteiger partial charge in [0.15, 0.2) is 0 Å². The van der Waals surface area contributed by atoms with Crippen LogP contribution in [0.1, 0.15) is 35.8 Å². The van der Waals surface area contributed by atoms with Gasteiger partial charge in [-0.2, -0.15) is 0 Å². The normalized spacial score (nSPS) is 10.6. The second kappa shape index (κ2) is 5.96. The van der Waals surface area contributed by atoms with E-state index in [1.54, 1.807) is 11.3 Å². The van der Waals surface area contributed by atoms with Gasteiger partial charge in [0, 0.05) is 29.1 Å². The highest BCUT2D eigenvalue weighted by Crippen LogP contribution is 2.19. The number of thiophene rings is 1.